The van der Waals surface area contributed by atoms with E-state index in [9.17, 15) is 4.79 Å². The Morgan fingerprint density at radius 3 is 2.19 bits per heavy atom. The van der Waals surface area contributed by atoms with Crippen molar-refractivity contribution in [3.8, 4) is 0 Å². The van der Waals surface area contributed by atoms with Crippen LogP contribution in [-0.2, 0) is 4.74 Å². The van der Waals surface area contributed by atoms with E-state index < -0.39 is 0 Å². The van der Waals surface area contributed by atoms with Crippen molar-refractivity contribution in [2.75, 3.05) is 20.3 Å². The van der Waals surface area contributed by atoms with Crippen molar-refractivity contribution in [1.29, 1.82) is 0 Å². The molecular weight excluding hydrogens is 204 g/mol. The Kier molecular flexibility index (Phi) is 5.79. The third-order valence-electron chi connectivity index (χ3n) is 2.02. The summed E-state index contributed by atoms with van der Waals surface area (Å²) >= 11 is 0. The van der Waals surface area contributed by atoms with Crippen molar-refractivity contribution in [3.05, 3.63) is 0 Å². The molecule has 0 spiro atoms. The van der Waals surface area contributed by atoms with Gasteiger partial charge in [0.25, 0.3) is 0 Å². The summed E-state index contributed by atoms with van der Waals surface area (Å²) in [5.74, 6) is 0. The highest BCUT2D eigenvalue weighted by molar-refractivity contribution is 5.74. The molecule has 0 aromatic carbocycles. The van der Waals surface area contributed by atoms with Gasteiger partial charge >= 0.3 is 6.03 Å². The summed E-state index contributed by atoms with van der Waals surface area (Å²) in [6, 6.07) is -0.133. The monoisotopic (exact) mass is 230 g/mol. The van der Waals surface area contributed by atoms with Gasteiger partial charge < -0.3 is 15.4 Å². The number of amides is 2. The van der Waals surface area contributed by atoms with Crippen LogP contribution in [0.15, 0.2) is 0 Å². The Morgan fingerprint density at radius 1 is 1.19 bits per heavy atom. The second-order valence-electron chi connectivity index (χ2n) is 6.00. The zero-order valence-corrected chi connectivity index (χ0v) is 11.4. The molecule has 4 heteroatoms. The van der Waals surface area contributed by atoms with Crippen molar-refractivity contribution in [3.63, 3.8) is 0 Å². The van der Waals surface area contributed by atoms with Crippen molar-refractivity contribution in [2.24, 2.45) is 5.41 Å². The smallest absolute Gasteiger partial charge is 0.315 e. The van der Waals surface area contributed by atoms with Crippen LogP contribution >= 0.6 is 0 Å². The van der Waals surface area contributed by atoms with Crippen LogP contribution in [0, 0.1) is 5.41 Å². The maximum atomic E-state index is 11.5. The van der Waals surface area contributed by atoms with E-state index >= 15 is 0 Å². The van der Waals surface area contributed by atoms with Gasteiger partial charge in [0.2, 0.25) is 0 Å². The summed E-state index contributed by atoms with van der Waals surface area (Å²) in [6.07, 6.45) is 0.928. The molecule has 96 valence electrons. The van der Waals surface area contributed by atoms with Gasteiger partial charge in [-0.1, -0.05) is 20.8 Å². The normalized spacial score (nSPS) is 12.4. The number of methoxy groups -OCH3 is 1. The second kappa shape index (κ2) is 6.09. The predicted octanol–water partition coefficient (Wildman–Crippen LogP) is 2.15. The number of urea groups is 1. The topological polar surface area (TPSA) is 50.4 Å². The van der Waals surface area contributed by atoms with E-state index in [-0.39, 0.29) is 17.0 Å². The van der Waals surface area contributed by atoms with Gasteiger partial charge in [-0.3, -0.25) is 0 Å². The van der Waals surface area contributed by atoms with E-state index in [0.717, 1.165) is 6.42 Å². The zero-order chi connectivity index (χ0) is 12.8. The second-order valence-corrected chi connectivity index (χ2v) is 6.00. The lowest BCUT2D eigenvalue weighted by Gasteiger charge is -2.33. The van der Waals surface area contributed by atoms with E-state index in [1.54, 1.807) is 7.11 Å². The molecule has 0 saturated heterocycles. The number of carbonyl (C=O) groups is 1. The molecule has 0 saturated carbocycles. The lowest BCUT2D eigenvalue weighted by Crippen LogP contribution is -2.50. The minimum Gasteiger partial charge on any atom is -0.383 e. The number of nitrogens with one attached hydrogen (secondary N) is 2. The average molecular weight is 230 g/mol. The molecule has 0 aromatic heterocycles. The summed E-state index contributed by atoms with van der Waals surface area (Å²) in [5.41, 5.74) is -0.00128. The fourth-order valence-corrected chi connectivity index (χ4v) is 1.99. The van der Waals surface area contributed by atoms with Gasteiger partial charge in [0.15, 0.2) is 0 Å². The third-order valence-corrected chi connectivity index (χ3v) is 2.02. The fraction of sp³-hybridized carbons (Fsp3) is 0.917. The standard InChI is InChI=1S/C12H26N2O2/c1-11(2,3)9-12(4,5)14-10(15)13-7-8-16-6/h7-9H2,1-6H3,(H2,13,14,15). The predicted molar refractivity (Wildman–Crippen MR) is 66.6 cm³/mol. The van der Waals surface area contributed by atoms with E-state index in [2.05, 4.69) is 31.4 Å². The molecule has 0 aromatic rings. The highest BCUT2D eigenvalue weighted by Gasteiger charge is 2.26. The molecule has 0 unspecified atom stereocenters. The van der Waals surface area contributed by atoms with Crippen LogP contribution in [0.5, 0.6) is 0 Å². The first-order valence-corrected chi connectivity index (χ1v) is 5.71. The summed E-state index contributed by atoms with van der Waals surface area (Å²) in [5, 5.41) is 5.72. The van der Waals surface area contributed by atoms with Crippen molar-refractivity contribution in [2.45, 2.75) is 46.6 Å². The summed E-state index contributed by atoms with van der Waals surface area (Å²) in [6.45, 7) is 11.6. The SMILES string of the molecule is COCCNC(=O)NC(C)(C)CC(C)(C)C. The van der Waals surface area contributed by atoms with E-state index in [0.29, 0.717) is 13.2 Å². The molecular formula is C12H26N2O2. The van der Waals surface area contributed by atoms with Crippen LogP contribution in [0.4, 0.5) is 4.79 Å². The van der Waals surface area contributed by atoms with Crippen LogP contribution in [0.2, 0.25) is 0 Å². The number of hydrogen-bond acceptors (Lipinski definition) is 2. The fourth-order valence-electron chi connectivity index (χ4n) is 1.99. The lowest BCUT2D eigenvalue weighted by molar-refractivity contribution is 0.188. The van der Waals surface area contributed by atoms with Crippen LogP contribution < -0.4 is 10.6 Å². The largest absolute Gasteiger partial charge is 0.383 e. The molecule has 0 aliphatic rings. The number of carbonyl (C=O) groups excluding carboxylic acids is 1. The third kappa shape index (κ3) is 8.53. The van der Waals surface area contributed by atoms with Crippen LogP contribution in [0.3, 0.4) is 0 Å². The van der Waals surface area contributed by atoms with Gasteiger partial charge in [-0.2, -0.15) is 0 Å². The Balaban J connectivity index is 4.00. The van der Waals surface area contributed by atoms with Crippen molar-refractivity contribution < 1.29 is 9.53 Å². The van der Waals surface area contributed by atoms with Crippen LogP contribution in [0.25, 0.3) is 0 Å². The summed E-state index contributed by atoms with van der Waals surface area (Å²) < 4.78 is 4.86. The quantitative estimate of drug-likeness (QED) is 0.711. The van der Waals surface area contributed by atoms with Gasteiger partial charge in [-0.25, -0.2) is 4.79 Å². The van der Waals surface area contributed by atoms with Gasteiger partial charge in [0, 0.05) is 19.2 Å². The highest BCUT2D eigenvalue weighted by Crippen LogP contribution is 2.26. The molecule has 0 bridgehead atoms. The zero-order valence-electron chi connectivity index (χ0n) is 11.4. The van der Waals surface area contributed by atoms with Crippen LogP contribution in [-0.4, -0.2) is 31.8 Å². The molecule has 0 atom stereocenters. The summed E-state index contributed by atoms with van der Waals surface area (Å²) in [4.78, 5) is 11.5. The maximum absolute atomic E-state index is 11.5. The molecule has 0 fully saturated rings. The average Bonchev–Trinajstić information content (AvgIpc) is 1.98. The van der Waals surface area contributed by atoms with Gasteiger partial charge in [0.1, 0.15) is 0 Å². The minimum absolute atomic E-state index is 0.133. The van der Waals surface area contributed by atoms with E-state index in [4.69, 9.17) is 4.74 Å². The number of ether oxygens (including phenoxy) is 1. The lowest BCUT2D eigenvalue weighted by atomic mass is 9.82. The first kappa shape index (κ1) is 15.2. The molecule has 16 heavy (non-hydrogen) atoms. The van der Waals surface area contributed by atoms with Crippen molar-refractivity contribution >= 4 is 6.03 Å². The summed E-state index contributed by atoms with van der Waals surface area (Å²) in [7, 11) is 1.61. The minimum atomic E-state index is -0.199. The number of hydrogen-bond donors (Lipinski definition) is 2. The van der Waals surface area contributed by atoms with Crippen molar-refractivity contribution in [1.82, 2.24) is 10.6 Å². The molecule has 2 amide bonds. The number of rotatable bonds is 5. The highest BCUT2D eigenvalue weighted by atomic mass is 16.5. The molecule has 4 nitrogen and oxygen atoms in total. The first-order valence-electron chi connectivity index (χ1n) is 5.71. The molecule has 0 rings (SSSR count). The Morgan fingerprint density at radius 2 is 1.75 bits per heavy atom. The van der Waals surface area contributed by atoms with Gasteiger partial charge in [-0.15, -0.1) is 0 Å². The van der Waals surface area contributed by atoms with Gasteiger partial charge in [0.05, 0.1) is 6.61 Å². The molecule has 0 radical (unpaired) electrons. The Hall–Kier alpha value is -0.770. The van der Waals surface area contributed by atoms with E-state index in [1.165, 1.54) is 0 Å². The molecule has 0 aliphatic heterocycles. The maximum Gasteiger partial charge on any atom is 0.315 e. The van der Waals surface area contributed by atoms with Gasteiger partial charge in [-0.05, 0) is 25.7 Å². The first-order chi connectivity index (χ1) is 7.16. The Bertz CT molecular complexity index is 220. The van der Waals surface area contributed by atoms with E-state index in [1.807, 2.05) is 13.8 Å². The molecule has 0 heterocycles. The molecule has 0 aliphatic carbocycles. The van der Waals surface area contributed by atoms with Crippen LogP contribution in [0.1, 0.15) is 41.0 Å². The Labute approximate surface area is 99.1 Å². The molecule has 2 N–H and O–H groups in total.